The largest absolute Gasteiger partial charge is 0.415 e. The summed E-state index contributed by atoms with van der Waals surface area (Å²) in [6, 6.07) is 1.35. The molecule has 1 unspecified atom stereocenters. The minimum atomic E-state index is -4.89. The van der Waals surface area contributed by atoms with E-state index in [0.29, 0.717) is 12.5 Å². The smallest absolute Gasteiger partial charge is 0.321 e. The van der Waals surface area contributed by atoms with Crippen LogP contribution in [0.15, 0.2) is 6.07 Å². The molecule has 0 spiro atoms. The Bertz CT molecular complexity index is 494. The number of carbonyl (C=O) groups excluding carboxylic acids is 1. The molecule has 1 aromatic heterocycles. The molecule has 0 radical (unpaired) electrons. The number of hydrogen-bond donors (Lipinski definition) is 2. The van der Waals surface area contributed by atoms with Crippen LogP contribution in [-0.2, 0) is 4.79 Å². The number of nitrogens with one attached hydrogen (secondary N) is 1. The number of anilines is 1. The number of pyridine rings is 1. The van der Waals surface area contributed by atoms with Crippen molar-refractivity contribution < 1.29 is 18.0 Å². The first-order valence-corrected chi connectivity index (χ1v) is 5.72. The Kier molecular flexibility index (Phi) is 4.33. The Labute approximate surface area is 117 Å². The Balaban J connectivity index is 3.08. The first kappa shape index (κ1) is 16.0. The van der Waals surface area contributed by atoms with E-state index in [4.69, 9.17) is 28.9 Å². The monoisotopic (exact) mass is 315 g/mol. The number of nitrogens with two attached hydrogens (primary N) is 1. The van der Waals surface area contributed by atoms with E-state index in [1.165, 1.54) is 13.0 Å². The van der Waals surface area contributed by atoms with Gasteiger partial charge in [0.1, 0.15) is 5.15 Å². The highest BCUT2D eigenvalue weighted by molar-refractivity contribution is 6.34. The van der Waals surface area contributed by atoms with Gasteiger partial charge in [-0.2, -0.15) is 13.2 Å². The summed E-state index contributed by atoms with van der Waals surface area (Å²) in [6.45, 7) is 2.07. The second-order valence-corrected chi connectivity index (χ2v) is 4.83. The molecule has 19 heavy (non-hydrogen) atoms. The molecule has 1 aromatic rings. The third-order valence-electron chi connectivity index (χ3n) is 2.44. The van der Waals surface area contributed by atoms with Crippen molar-refractivity contribution in [2.75, 3.05) is 5.32 Å². The molecule has 1 atom stereocenters. The number of nitrogens with zero attached hydrogens (tertiary/aromatic N) is 1. The first-order chi connectivity index (χ1) is 8.46. The summed E-state index contributed by atoms with van der Waals surface area (Å²) in [5.41, 5.74) is 2.26. The van der Waals surface area contributed by atoms with Gasteiger partial charge in [-0.15, -0.1) is 0 Å². The topological polar surface area (TPSA) is 68.0 Å². The summed E-state index contributed by atoms with van der Waals surface area (Å²) in [4.78, 5) is 15.2. The summed E-state index contributed by atoms with van der Waals surface area (Å²) in [6.07, 6.45) is -4.89. The molecular weight excluding hydrogens is 306 g/mol. The Hall–Kier alpha value is -1.05. The maximum absolute atomic E-state index is 12.6. The molecule has 0 fully saturated rings. The van der Waals surface area contributed by atoms with E-state index in [2.05, 4.69) is 4.98 Å². The molecule has 0 aliphatic carbocycles. The van der Waals surface area contributed by atoms with Crippen LogP contribution in [0.5, 0.6) is 0 Å². The van der Waals surface area contributed by atoms with Crippen LogP contribution in [0.4, 0.5) is 18.9 Å². The zero-order valence-corrected chi connectivity index (χ0v) is 11.4. The number of carbonyl (C=O) groups is 1. The zero-order valence-electron chi connectivity index (χ0n) is 9.90. The van der Waals surface area contributed by atoms with Crippen molar-refractivity contribution in [1.82, 2.24) is 4.98 Å². The van der Waals surface area contributed by atoms with Gasteiger partial charge in [-0.25, -0.2) is 4.98 Å². The maximum atomic E-state index is 12.6. The highest BCUT2D eigenvalue weighted by Crippen LogP contribution is 2.31. The minimum absolute atomic E-state index is 0.0583. The number of aromatic nitrogens is 1. The van der Waals surface area contributed by atoms with E-state index in [0.717, 1.165) is 0 Å². The predicted molar refractivity (Wildman–Crippen MR) is 66.3 cm³/mol. The molecule has 1 amide bonds. The van der Waals surface area contributed by atoms with Crippen LogP contribution in [0.3, 0.4) is 0 Å². The van der Waals surface area contributed by atoms with E-state index < -0.39 is 17.6 Å². The van der Waals surface area contributed by atoms with Crippen LogP contribution in [0.25, 0.3) is 0 Å². The van der Waals surface area contributed by atoms with E-state index >= 15 is 0 Å². The van der Waals surface area contributed by atoms with Gasteiger partial charge in [0, 0.05) is 0 Å². The Morgan fingerprint density at radius 2 is 1.95 bits per heavy atom. The van der Waals surface area contributed by atoms with Crippen LogP contribution in [-0.4, -0.2) is 22.6 Å². The maximum Gasteiger partial charge on any atom is 0.415 e. The summed E-state index contributed by atoms with van der Waals surface area (Å²) in [7, 11) is 0. The van der Waals surface area contributed by atoms with Crippen molar-refractivity contribution in [3.05, 3.63) is 21.9 Å². The van der Waals surface area contributed by atoms with Crippen molar-refractivity contribution in [3.8, 4) is 0 Å². The third kappa shape index (κ3) is 3.29. The first-order valence-electron chi connectivity index (χ1n) is 4.96. The molecule has 0 bridgehead atoms. The average Bonchev–Trinajstić information content (AvgIpc) is 2.21. The van der Waals surface area contributed by atoms with Gasteiger partial charge in [-0.3, -0.25) is 4.79 Å². The Morgan fingerprint density at radius 3 is 2.37 bits per heavy atom. The fourth-order valence-corrected chi connectivity index (χ4v) is 1.70. The number of aryl methyl sites for hydroxylation is 1. The molecule has 0 aliphatic heterocycles. The van der Waals surface area contributed by atoms with Crippen molar-refractivity contribution in [2.45, 2.75) is 25.6 Å². The fraction of sp³-hybridized carbons (Fsp3) is 0.400. The number of alkyl halides is 3. The highest BCUT2D eigenvalue weighted by Gasteiger charge is 2.54. The molecule has 0 aromatic carbocycles. The normalized spacial score (nSPS) is 14.9. The van der Waals surface area contributed by atoms with Crippen LogP contribution >= 0.6 is 23.2 Å². The van der Waals surface area contributed by atoms with Crippen molar-refractivity contribution in [2.24, 2.45) is 5.73 Å². The third-order valence-corrected chi connectivity index (χ3v) is 2.91. The van der Waals surface area contributed by atoms with Gasteiger partial charge in [0.15, 0.2) is 10.7 Å². The average molecular weight is 316 g/mol. The molecular formula is C10H10Cl2F3N3O. The molecule has 0 saturated carbocycles. The molecule has 0 aliphatic rings. The van der Waals surface area contributed by atoms with Gasteiger partial charge in [-0.05, 0) is 25.5 Å². The lowest BCUT2D eigenvalue weighted by Crippen LogP contribution is -2.59. The molecule has 3 N–H and O–H groups in total. The summed E-state index contributed by atoms with van der Waals surface area (Å²) in [5.74, 6) is -1.44. The zero-order chi connectivity index (χ0) is 15.0. The van der Waals surface area contributed by atoms with Crippen molar-refractivity contribution in [3.63, 3.8) is 0 Å². The molecule has 4 nitrogen and oxygen atoms in total. The SMILES string of the molecule is Cc1cc(Cl)nc(Cl)c1NC(=O)C(C)(N)C(F)(F)F. The van der Waals surface area contributed by atoms with Crippen molar-refractivity contribution >= 4 is 34.8 Å². The standard InChI is InChI=1S/C10H10Cl2F3N3O/c1-4-3-5(11)17-7(12)6(4)18-8(19)9(2,16)10(13,14)15/h3H,16H2,1-2H3,(H,18,19). The van der Waals surface area contributed by atoms with Crippen LogP contribution in [0, 0.1) is 6.92 Å². The van der Waals surface area contributed by atoms with Gasteiger partial charge < -0.3 is 11.1 Å². The van der Waals surface area contributed by atoms with Crippen molar-refractivity contribution in [1.29, 1.82) is 0 Å². The number of amides is 1. The van der Waals surface area contributed by atoms with Crippen LogP contribution in [0.2, 0.25) is 10.3 Å². The lowest BCUT2D eigenvalue weighted by molar-refractivity contribution is -0.184. The van der Waals surface area contributed by atoms with Gasteiger partial charge >= 0.3 is 6.18 Å². The summed E-state index contributed by atoms with van der Waals surface area (Å²) < 4.78 is 37.8. The second kappa shape index (κ2) is 5.15. The van der Waals surface area contributed by atoms with Crippen LogP contribution in [0.1, 0.15) is 12.5 Å². The van der Waals surface area contributed by atoms with Gasteiger partial charge in [0.25, 0.3) is 5.91 Å². The number of hydrogen-bond acceptors (Lipinski definition) is 3. The molecule has 0 saturated heterocycles. The molecule has 1 rings (SSSR count). The van der Waals surface area contributed by atoms with Gasteiger partial charge in [-0.1, -0.05) is 23.2 Å². The predicted octanol–water partition coefficient (Wildman–Crippen LogP) is 2.92. The van der Waals surface area contributed by atoms with Crippen LogP contribution < -0.4 is 11.1 Å². The number of rotatable bonds is 2. The molecule has 106 valence electrons. The van der Waals surface area contributed by atoms with Gasteiger partial charge in [0.2, 0.25) is 0 Å². The number of halogens is 5. The lowest BCUT2D eigenvalue weighted by atomic mass is 10.0. The quantitative estimate of drug-likeness (QED) is 0.824. The van der Waals surface area contributed by atoms with E-state index in [1.54, 1.807) is 0 Å². The second-order valence-electron chi connectivity index (χ2n) is 4.08. The summed E-state index contributed by atoms with van der Waals surface area (Å²) >= 11 is 11.3. The minimum Gasteiger partial charge on any atom is -0.321 e. The van der Waals surface area contributed by atoms with E-state index in [9.17, 15) is 18.0 Å². The summed E-state index contributed by atoms with van der Waals surface area (Å²) in [5, 5.41) is 1.87. The molecule has 9 heteroatoms. The molecule has 1 heterocycles. The highest BCUT2D eigenvalue weighted by atomic mass is 35.5. The van der Waals surface area contributed by atoms with E-state index in [-0.39, 0.29) is 16.0 Å². The van der Waals surface area contributed by atoms with Gasteiger partial charge in [0.05, 0.1) is 5.69 Å². The fourth-order valence-electron chi connectivity index (χ4n) is 1.12. The Morgan fingerprint density at radius 1 is 1.42 bits per heavy atom. The van der Waals surface area contributed by atoms with E-state index in [1.807, 2.05) is 5.32 Å². The lowest BCUT2D eigenvalue weighted by Gasteiger charge is -2.26.